The summed E-state index contributed by atoms with van der Waals surface area (Å²) in [4.78, 5) is 24.1. The van der Waals surface area contributed by atoms with Gasteiger partial charge in [-0.3, -0.25) is 9.59 Å². The second-order valence-electron chi connectivity index (χ2n) is 6.66. The van der Waals surface area contributed by atoms with Crippen LogP contribution in [0.1, 0.15) is 41.3 Å². The van der Waals surface area contributed by atoms with Gasteiger partial charge in [0.1, 0.15) is 0 Å². The van der Waals surface area contributed by atoms with Gasteiger partial charge in [-0.25, -0.2) is 4.68 Å². The largest absolute Gasteiger partial charge is 0.457 e. The van der Waals surface area contributed by atoms with Gasteiger partial charge in [-0.15, -0.1) is 0 Å². The van der Waals surface area contributed by atoms with Crippen LogP contribution in [0.5, 0.6) is 0 Å². The molecule has 1 heterocycles. The van der Waals surface area contributed by atoms with Crippen molar-refractivity contribution in [3.63, 3.8) is 0 Å². The standard InChI is InChI=1S/C23H24N2O3/c1-2-6-18-9-12-20(13-10-18)22(26)17-28-23(27)14-11-19-15-24-25(16-19)21-7-4-3-5-8-21/h3-5,7-10,12-13,15-16H,2,6,11,14,17H2,1H3. The molecule has 0 aliphatic heterocycles. The summed E-state index contributed by atoms with van der Waals surface area (Å²) in [5.41, 5.74) is 3.68. The highest BCUT2D eigenvalue weighted by molar-refractivity contribution is 5.97. The number of hydrogen-bond acceptors (Lipinski definition) is 4. The molecule has 0 aliphatic carbocycles. The van der Waals surface area contributed by atoms with E-state index in [4.69, 9.17) is 4.74 Å². The Morgan fingerprint density at radius 3 is 2.43 bits per heavy atom. The van der Waals surface area contributed by atoms with E-state index in [1.165, 1.54) is 5.56 Å². The Labute approximate surface area is 165 Å². The first-order valence-electron chi connectivity index (χ1n) is 9.52. The third-order valence-corrected chi connectivity index (χ3v) is 4.45. The van der Waals surface area contributed by atoms with Crippen LogP contribution < -0.4 is 0 Å². The molecule has 3 rings (SSSR count). The summed E-state index contributed by atoms with van der Waals surface area (Å²) in [5.74, 6) is -0.572. The van der Waals surface area contributed by atoms with E-state index in [1.54, 1.807) is 23.0 Å². The first-order chi connectivity index (χ1) is 13.7. The monoisotopic (exact) mass is 376 g/mol. The molecule has 0 N–H and O–H groups in total. The minimum atomic E-state index is -0.386. The number of benzene rings is 2. The van der Waals surface area contributed by atoms with Crippen LogP contribution in [0.15, 0.2) is 67.0 Å². The summed E-state index contributed by atoms with van der Waals surface area (Å²) in [6, 6.07) is 17.2. The Bertz CT molecular complexity index is 915. The Balaban J connectivity index is 1.44. The van der Waals surface area contributed by atoms with Crippen LogP contribution >= 0.6 is 0 Å². The second kappa shape index (κ2) is 9.65. The highest BCUT2D eigenvalue weighted by atomic mass is 16.5. The van der Waals surface area contributed by atoms with Gasteiger partial charge in [0.05, 0.1) is 11.9 Å². The van der Waals surface area contributed by atoms with E-state index in [9.17, 15) is 9.59 Å². The topological polar surface area (TPSA) is 61.2 Å². The number of ketones is 1. The number of rotatable bonds is 9. The molecule has 5 nitrogen and oxygen atoms in total. The first kappa shape index (κ1) is 19.5. The van der Waals surface area contributed by atoms with Crippen molar-refractivity contribution in [1.29, 1.82) is 0 Å². The van der Waals surface area contributed by atoms with Gasteiger partial charge in [0.2, 0.25) is 0 Å². The molecule has 0 bridgehead atoms. The summed E-state index contributed by atoms with van der Waals surface area (Å²) < 4.78 is 6.90. The SMILES string of the molecule is CCCc1ccc(C(=O)COC(=O)CCc2cnn(-c3ccccc3)c2)cc1. The molecule has 0 saturated heterocycles. The van der Waals surface area contributed by atoms with Crippen LogP contribution in [0.4, 0.5) is 0 Å². The summed E-state index contributed by atoms with van der Waals surface area (Å²) in [6.07, 6.45) is 6.42. The van der Waals surface area contributed by atoms with E-state index in [0.29, 0.717) is 12.0 Å². The Morgan fingerprint density at radius 2 is 1.71 bits per heavy atom. The smallest absolute Gasteiger partial charge is 0.306 e. The Hall–Kier alpha value is -3.21. The quantitative estimate of drug-likeness (QED) is 0.415. The van der Waals surface area contributed by atoms with Crippen LogP contribution in [0.2, 0.25) is 0 Å². The summed E-state index contributed by atoms with van der Waals surface area (Å²) in [7, 11) is 0. The van der Waals surface area contributed by atoms with Crippen LogP contribution in [0, 0.1) is 0 Å². The van der Waals surface area contributed by atoms with E-state index >= 15 is 0 Å². The third kappa shape index (κ3) is 5.39. The van der Waals surface area contributed by atoms with Gasteiger partial charge in [-0.05, 0) is 36.1 Å². The van der Waals surface area contributed by atoms with Crippen molar-refractivity contribution in [2.45, 2.75) is 32.6 Å². The molecule has 0 saturated carbocycles. The molecule has 0 amide bonds. The van der Waals surface area contributed by atoms with Gasteiger partial charge < -0.3 is 4.74 Å². The summed E-state index contributed by atoms with van der Waals surface area (Å²) in [6.45, 7) is 1.89. The molecule has 3 aromatic rings. The van der Waals surface area contributed by atoms with Gasteiger partial charge in [-0.1, -0.05) is 55.8 Å². The molecule has 1 aromatic heterocycles. The highest BCUT2D eigenvalue weighted by Gasteiger charge is 2.11. The van der Waals surface area contributed by atoms with Crippen LogP contribution in [0.25, 0.3) is 5.69 Å². The number of carbonyl (C=O) groups excluding carboxylic acids is 2. The molecule has 0 fully saturated rings. The molecule has 0 aliphatic rings. The van der Waals surface area contributed by atoms with E-state index in [1.807, 2.05) is 48.7 Å². The van der Waals surface area contributed by atoms with Crippen molar-refractivity contribution in [2.24, 2.45) is 0 Å². The van der Waals surface area contributed by atoms with Crippen molar-refractivity contribution in [1.82, 2.24) is 9.78 Å². The molecule has 0 spiro atoms. The molecule has 2 aromatic carbocycles. The average molecular weight is 376 g/mol. The normalized spacial score (nSPS) is 10.6. The maximum absolute atomic E-state index is 12.2. The molecule has 0 unspecified atom stereocenters. The fourth-order valence-electron chi connectivity index (χ4n) is 2.91. The lowest BCUT2D eigenvalue weighted by Crippen LogP contribution is -2.14. The van der Waals surface area contributed by atoms with Crippen LogP contribution in [-0.2, 0) is 22.4 Å². The highest BCUT2D eigenvalue weighted by Crippen LogP contribution is 2.10. The Kier molecular flexibility index (Phi) is 6.73. The number of aryl methyl sites for hydroxylation is 2. The number of carbonyl (C=O) groups is 2. The number of esters is 1. The predicted molar refractivity (Wildman–Crippen MR) is 108 cm³/mol. The lowest BCUT2D eigenvalue weighted by atomic mass is 10.1. The maximum atomic E-state index is 12.2. The number of Topliss-reactive ketones (excluding diaryl/α,β-unsaturated/α-hetero) is 1. The van der Waals surface area contributed by atoms with Crippen molar-refractivity contribution >= 4 is 11.8 Å². The van der Waals surface area contributed by atoms with Gasteiger partial charge >= 0.3 is 5.97 Å². The number of aromatic nitrogens is 2. The maximum Gasteiger partial charge on any atom is 0.306 e. The van der Waals surface area contributed by atoms with Gasteiger partial charge in [-0.2, -0.15) is 5.10 Å². The van der Waals surface area contributed by atoms with E-state index < -0.39 is 0 Å². The molecule has 0 radical (unpaired) electrons. The van der Waals surface area contributed by atoms with Gasteiger partial charge in [0.25, 0.3) is 0 Å². The number of ether oxygens (including phenoxy) is 1. The van der Waals surface area contributed by atoms with Crippen molar-refractivity contribution < 1.29 is 14.3 Å². The minimum absolute atomic E-state index is 0.187. The zero-order valence-corrected chi connectivity index (χ0v) is 16.0. The molecular formula is C23H24N2O3. The van der Waals surface area contributed by atoms with E-state index in [-0.39, 0.29) is 24.8 Å². The molecule has 28 heavy (non-hydrogen) atoms. The van der Waals surface area contributed by atoms with E-state index in [2.05, 4.69) is 12.0 Å². The van der Waals surface area contributed by atoms with Gasteiger partial charge in [0, 0.05) is 18.2 Å². The Morgan fingerprint density at radius 1 is 0.964 bits per heavy atom. The molecule has 5 heteroatoms. The van der Waals surface area contributed by atoms with E-state index in [0.717, 1.165) is 24.1 Å². The van der Waals surface area contributed by atoms with Crippen molar-refractivity contribution in [3.05, 3.63) is 83.7 Å². The lowest BCUT2D eigenvalue weighted by Gasteiger charge is -2.05. The minimum Gasteiger partial charge on any atom is -0.457 e. The van der Waals surface area contributed by atoms with Gasteiger partial charge in [0.15, 0.2) is 12.4 Å². The number of para-hydroxylation sites is 1. The molecule has 144 valence electrons. The number of hydrogen-bond donors (Lipinski definition) is 0. The summed E-state index contributed by atoms with van der Waals surface area (Å²) >= 11 is 0. The first-order valence-corrected chi connectivity index (χ1v) is 9.52. The lowest BCUT2D eigenvalue weighted by molar-refractivity contribution is -0.142. The van der Waals surface area contributed by atoms with Crippen molar-refractivity contribution in [3.8, 4) is 5.69 Å². The zero-order chi connectivity index (χ0) is 19.8. The van der Waals surface area contributed by atoms with Crippen LogP contribution in [0.3, 0.4) is 0 Å². The fourth-order valence-corrected chi connectivity index (χ4v) is 2.91. The zero-order valence-electron chi connectivity index (χ0n) is 16.0. The third-order valence-electron chi connectivity index (χ3n) is 4.45. The predicted octanol–water partition coefficient (Wildman–Crippen LogP) is 4.18. The second-order valence-corrected chi connectivity index (χ2v) is 6.66. The summed E-state index contributed by atoms with van der Waals surface area (Å²) in [5, 5.41) is 4.31. The van der Waals surface area contributed by atoms with Crippen molar-refractivity contribution in [2.75, 3.05) is 6.61 Å². The fraction of sp³-hybridized carbons (Fsp3) is 0.261. The molecular weight excluding hydrogens is 352 g/mol. The molecule has 0 atom stereocenters. The average Bonchev–Trinajstić information content (AvgIpc) is 3.21. The number of nitrogens with zero attached hydrogens (tertiary/aromatic N) is 2. The van der Waals surface area contributed by atoms with Crippen LogP contribution in [-0.4, -0.2) is 28.1 Å².